The molecular formula is C12H16BrNO2. The SMILES string of the molecule is Cc1cc(NCC(C)(C)C(=O)O)ccc1Br. The van der Waals surface area contributed by atoms with E-state index in [1.54, 1.807) is 13.8 Å². The van der Waals surface area contributed by atoms with Gasteiger partial charge >= 0.3 is 5.97 Å². The number of carboxylic acids is 1. The Balaban J connectivity index is 2.68. The molecule has 16 heavy (non-hydrogen) atoms. The molecular weight excluding hydrogens is 270 g/mol. The molecule has 2 N–H and O–H groups in total. The molecule has 0 aromatic heterocycles. The maximum Gasteiger partial charge on any atom is 0.310 e. The number of rotatable bonds is 4. The van der Waals surface area contributed by atoms with Gasteiger partial charge in [0.25, 0.3) is 0 Å². The first-order valence-corrected chi connectivity index (χ1v) is 5.85. The van der Waals surface area contributed by atoms with Crippen LogP contribution in [0.3, 0.4) is 0 Å². The molecule has 0 saturated carbocycles. The van der Waals surface area contributed by atoms with E-state index < -0.39 is 11.4 Å². The lowest BCUT2D eigenvalue weighted by atomic mass is 9.94. The number of carboxylic acid groups (broad SMARTS) is 1. The molecule has 0 aliphatic rings. The maximum atomic E-state index is 10.9. The van der Waals surface area contributed by atoms with Crippen molar-refractivity contribution >= 4 is 27.6 Å². The molecule has 1 aromatic rings. The Morgan fingerprint density at radius 2 is 2.12 bits per heavy atom. The van der Waals surface area contributed by atoms with Crippen molar-refractivity contribution in [3.8, 4) is 0 Å². The molecule has 0 radical (unpaired) electrons. The molecule has 0 spiro atoms. The molecule has 0 saturated heterocycles. The number of hydrogen-bond acceptors (Lipinski definition) is 2. The molecule has 1 rings (SSSR count). The third-order valence-electron chi connectivity index (χ3n) is 2.47. The Labute approximate surface area is 104 Å². The van der Waals surface area contributed by atoms with Crippen LogP contribution in [0.4, 0.5) is 5.69 Å². The van der Waals surface area contributed by atoms with Gasteiger partial charge in [0.05, 0.1) is 5.41 Å². The van der Waals surface area contributed by atoms with Gasteiger partial charge in [0.1, 0.15) is 0 Å². The van der Waals surface area contributed by atoms with E-state index in [4.69, 9.17) is 5.11 Å². The van der Waals surface area contributed by atoms with Crippen LogP contribution >= 0.6 is 15.9 Å². The number of aliphatic carboxylic acids is 1. The van der Waals surface area contributed by atoms with Crippen LogP contribution in [0, 0.1) is 12.3 Å². The largest absolute Gasteiger partial charge is 0.481 e. The third-order valence-corrected chi connectivity index (χ3v) is 3.36. The van der Waals surface area contributed by atoms with Crippen LogP contribution in [0.5, 0.6) is 0 Å². The van der Waals surface area contributed by atoms with Crippen LogP contribution in [0.25, 0.3) is 0 Å². The molecule has 0 aliphatic heterocycles. The molecule has 0 unspecified atom stereocenters. The Hall–Kier alpha value is -1.03. The van der Waals surface area contributed by atoms with Gasteiger partial charge in [-0.2, -0.15) is 0 Å². The lowest BCUT2D eigenvalue weighted by Gasteiger charge is -2.20. The monoisotopic (exact) mass is 285 g/mol. The predicted octanol–water partition coefficient (Wildman–Crippen LogP) is 3.28. The summed E-state index contributed by atoms with van der Waals surface area (Å²) in [6.07, 6.45) is 0. The van der Waals surface area contributed by atoms with Crippen molar-refractivity contribution in [1.29, 1.82) is 0 Å². The average Bonchev–Trinajstić information content (AvgIpc) is 2.20. The predicted molar refractivity (Wildman–Crippen MR) is 68.8 cm³/mol. The standard InChI is InChI=1S/C12H16BrNO2/c1-8-6-9(4-5-10(8)13)14-7-12(2,3)11(15)16/h4-6,14H,7H2,1-3H3,(H,15,16). The summed E-state index contributed by atoms with van der Waals surface area (Å²) in [5.41, 5.74) is 1.30. The maximum absolute atomic E-state index is 10.9. The number of nitrogens with one attached hydrogen (secondary N) is 1. The molecule has 1 aromatic carbocycles. The smallest absolute Gasteiger partial charge is 0.310 e. The minimum atomic E-state index is -0.797. The van der Waals surface area contributed by atoms with Crippen LogP contribution in [0.1, 0.15) is 19.4 Å². The van der Waals surface area contributed by atoms with Gasteiger partial charge in [-0.25, -0.2) is 0 Å². The second-order valence-corrected chi connectivity index (χ2v) is 5.36. The molecule has 0 aliphatic carbocycles. The van der Waals surface area contributed by atoms with E-state index in [-0.39, 0.29) is 0 Å². The van der Waals surface area contributed by atoms with Crippen molar-refractivity contribution in [3.63, 3.8) is 0 Å². The van der Waals surface area contributed by atoms with Crippen molar-refractivity contribution in [2.75, 3.05) is 11.9 Å². The zero-order valence-electron chi connectivity index (χ0n) is 9.67. The van der Waals surface area contributed by atoms with Gasteiger partial charge in [0.15, 0.2) is 0 Å². The summed E-state index contributed by atoms with van der Waals surface area (Å²) >= 11 is 3.42. The highest BCUT2D eigenvalue weighted by Gasteiger charge is 2.26. The van der Waals surface area contributed by atoms with Gasteiger partial charge < -0.3 is 10.4 Å². The first-order chi connectivity index (χ1) is 7.33. The van der Waals surface area contributed by atoms with E-state index in [1.807, 2.05) is 25.1 Å². The zero-order valence-corrected chi connectivity index (χ0v) is 11.3. The fourth-order valence-corrected chi connectivity index (χ4v) is 1.40. The highest BCUT2D eigenvalue weighted by Crippen LogP contribution is 2.22. The van der Waals surface area contributed by atoms with Crippen molar-refractivity contribution < 1.29 is 9.90 Å². The van der Waals surface area contributed by atoms with Crippen molar-refractivity contribution in [2.24, 2.45) is 5.41 Å². The van der Waals surface area contributed by atoms with Crippen LogP contribution in [-0.4, -0.2) is 17.6 Å². The summed E-state index contributed by atoms with van der Waals surface area (Å²) in [6, 6.07) is 5.86. The molecule has 88 valence electrons. The Morgan fingerprint density at radius 3 is 2.62 bits per heavy atom. The summed E-state index contributed by atoms with van der Waals surface area (Å²) in [6.45, 7) is 5.81. The Morgan fingerprint density at radius 1 is 1.50 bits per heavy atom. The minimum absolute atomic E-state index is 0.406. The molecule has 0 heterocycles. The van der Waals surface area contributed by atoms with E-state index in [9.17, 15) is 4.79 Å². The normalized spacial score (nSPS) is 11.2. The quantitative estimate of drug-likeness (QED) is 0.893. The first kappa shape index (κ1) is 13.0. The third kappa shape index (κ3) is 3.23. The first-order valence-electron chi connectivity index (χ1n) is 5.06. The van der Waals surface area contributed by atoms with E-state index in [1.165, 1.54) is 0 Å². The highest BCUT2D eigenvalue weighted by atomic mass is 79.9. The topological polar surface area (TPSA) is 49.3 Å². The fraction of sp³-hybridized carbons (Fsp3) is 0.417. The van der Waals surface area contributed by atoms with Gasteiger partial charge in [-0.05, 0) is 44.5 Å². The van der Waals surface area contributed by atoms with E-state index in [0.717, 1.165) is 15.7 Å². The number of benzene rings is 1. The number of carbonyl (C=O) groups is 1. The lowest BCUT2D eigenvalue weighted by molar-refractivity contribution is -0.146. The summed E-state index contributed by atoms with van der Waals surface area (Å²) in [4.78, 5) is 10.9. The van der Waals surface area contributed by atoms with Crippen molar-refractivity contribution in [3.05, 3.63) is 28.2 Å². The molecule has 0 atom stereocenters. The molecule has 0 amide bonds. The zero-order chi connectivity index (χ0) is 12.3. The minimum Gasteiger partial charge on any atom is -0.481 e. The summed E-state index contributed by atoms with van der Waals surface area (Å²) in [7, 11) is 0. The van der Waals surface area contributed by atoms with Crippen LogP contribution < -0.4 is 5.32 Å². The summed E-state index contributed by atoms with van der Waals surface area (Å²) < 4.78 is 1.05. The van der Waals surface area contributed by atoms with Crippen LogP contribution in [-0.2, 0) is 4.79 Å². The van der Waals surface area contributed by atoms with Gasteiger partial charge in [0, 0.05) is 16.7 Å². The summed E-state index contributed by atoms with van der Waals surface area (Å²) in [5.74, 6) is -0.797. The second-order valence-electron chi connectivity index (χ2n) is 4.51. The second kappa shape index (κ2) is 4.87. The Bertz CT molecular complexity index is 402. The van der Waals surface area contributed by atoms with Crippen LogP contribution in [0.15, 0.2) is 22.7 Å². The highest BCUT2D eigenvalue weighted by molar-refractivity contribution is 9.10. The van der Waals surface area contributed by atoms with Crippen molar-refractivity contribution in [2.45, 2.75) is 20.8 Å². The van der Waals surface area contributed by atoms with Gasteiger partial charge in [-0.15, -0.1) is 0 Å². The number of aryl methyl sites for hydroxylation is 1. The van der Waals surface area contributed by atoms with Gasteiger partial charge in [0.2, 0.25) is 0 Å². The van der Waals surface area contributed by atoms with E-state index in [2.05, 4.69) is 21.2 Å². The number of halogens is 1. The number of anilines is 1. The number of hydrogen-bond donors (Lipinski definition) is 2. The molecule has 0 fully saturated rings. The van der Waals surface area contributed by atoms with E-state index >= 15 is 0 Å². The molecule has 4 heteroatoms. The van der Waals surface area contributed by atoms with Gasteiger partial charge in [-0.1, -0.05) is 15.9 Å². The van der Waals surface area contributed by atoms with E-state index in [0.29, 0.717) is 6.54 Å². The fourth-order valence-electron chi connectivity index (χ4n) is 1.15. The summed E-state index contributed by atoms with van der Waals surface area (Å²) in [5, 5.41) is 12.1. The lowest BCUT2D eigenvalue weighted by Crippen LogP contribution is -2.31. The van der Waals surface area contributed by atoms with Crippen LogP contribution in [0.2, 0.25) is 0 Å². The average molecular weight is 286 g/mol. The van der Waals surface area contributed by atoms with Crippen molar-refractivity contribution in [1.82, 2.24) is 0 Å². The Kier molecular flexibility index (Phi) is 3.97. The molecule has 3 nitrogen and oxygen atoms in total. The van der Waals surface area contributed by atoms with Gasteiger partial charge in [-0.3, -0.25) is 4.79 Å². The molecule has 0 bridgehead atoms.